The Morgan fingerprint density at radius 1 is 0.400 bits per heavy atom. The standard InChI is InChI=1S/C18H12S2/c19-17-3-1-11-5-13-7-15-9-18(20)10-16(15)8-14(13)6-12(11)2-4-17/h1-10,19-20H. The molecule has 0 aliphatic rings. The van der Waals surface area contributed by atoms with Gasteiger partial charge in [0, 0.05) is 9.79 Å². The molecule has 4 rings (SSSR count). The smallest absolute Gasteiger partial charge is 0.00523 e. The maximum absolute atomic E-state index is 4.43. The molecule has 0 fully saturated rings. The van der Waals surface area contributed by atoms with Crippen molar-refractivity contribution in [3.05, 3.63) is 60.7 Å². The third-order valence-electron chi connectivity index (χ3n) is 3.72. The molecule has 0 unspecified atom stereocenters. The van der Waals surface area contributed by atoms with Crippen molar-refractivity contribution in [2.75, 3.05) is 0 Å². The van der Waals surface area contributed by atoms with Crippen molar-refractivity contribution in [3.8, 4) is 0 Å². The van der Waals surface area contributed by atoms with Gasteiger partial charge in [-0.1, -0.05) is 12.1 Å². The zero-order chi connectivity index (χ0) is 13.7. The van der Waals surface area contributed by atoms with E-state index in [1.165, 1.54) is 32.3 Å². The van der Waals surface area contributed by atoms with E-state index in [4.69, 9.17) is 0 Å². The molecule has 0 heterocycles. The van der Waals surface area contributed by atoms with E-state index in [0.717, 1.165) is 9.79 Å². The number of hydrogen-bond donors (Lipinski definition) is 2. The molecule has 4 aromatic rings. The average molecular weight is 292 g/mol. The quantitative estimate of drug-likeness (QED) is 0.380. The molecule has 0 atom stereocenters. The molecule has 0 radical (unpaired) electrons. The van der Waals surface area contributed by atoms with Crippen LogP contribution >= 0.6 is 25.3 Å². The normalized spacial score (nSPS) is 11.5. The van der Waals surface area contributed by atoms with Crippen molar-refractivity contribution in [2.45, 2.75) is 9.79 Å². The third kappa shape index (κ3) is 1.96. The predicted molar refractivity (Wildman–Crippen MR) is 93.5 cm³/mol. The summed E-state index contributed by atoms with van der Waals surface area (Å²) in [7, 11) is 0. The molecule has 0 spiro atoms. The second kappa shape index (κ2) is 4.44. The molecule has 0 aliphatic carbocycles. The topological polar surface area (TPSA) is 0 Å². The molecule has 0 nitrogen and oxygen atoms in total. The maximum Gasteiger partial charge on any atom is 0.00523 e. The highest BCUT2D eigenvalue weighted by atomic mass is 32.1. The number of fused-ring (bicyclic) bond motifs is 3. The van der Waals surface area contributed by atoms with Crippen molar-refractivity contribution in [3.63, 3.8) is 0 Å². The van der Waals surface area contributed by atoms with Gasteiger partial charge in [0.15, 0.2) is 0 Å². The van der Waals surface area contributed by atoms with Gasteiger partial charge >= 0.3 is 0 Å². The van der Waals surface area contributed by atoms with Crippen LogP contribution in [0.1, 0.15) is 0 Å². The molecular formula is C18H12S2. The molecule has 0 N–H and O–H groups in total. The number of benzene rings is 2. The summed E-state index contributed by atoms with van der Waals surface area (Å²) in [6, 6.07) is 21.5. The summed E-state index contributed by atoms with van der Waals surface area (Å²) in [4.78, 5) is 2.00. The van der Waals surface area contributed by atoms with Crippen molar-refractivity contribution < 1.29 is 0 Å². The predicted octanol–water partition coefficient (Wildman–Crippen LogP) is 5.72. The zero-order valence-corrected chi connectivity index (χ0v) is 12.5. The molecule has 0 saturated carbocycles. The SMILES string of the molecule is Sc1ccc2cc3cc4cc(S)cc4cc3cc2cc1. The van der Waals surface area contributed by atoms with Gasteiger partial charge in [-0.05, 0) is 80.8 Å². The van der Waals surface area contributed by atoms with E-state index in [0.29, 0.717) is 0 Å². The van der Waals surface area contributed by atoms with Crippen LogP contribution in [0.3, 0.4) is 0 Å². The van der Waals surface area contributed by atoms with Crippen LogP contribution in [-0.4, -0.2) is 0 Å². The summed E-state index contributed by atoms with van der Waals surface area (Å²) in [5.41, 5.74) is 0. The Morgan fingerprint density at radius 3 is 1.30 bits per heavy atom. The Balaban J connectivity index is 2.14. The maximum atomic E-state index is 4.43. The number of thiol groups is 2. The molecule has 4 aromatic carbocycles. The first-order valence-corrected chi connectivity index (χ1v) is 7.38. The van der Waals surface area contributed by atoms with Crippen LogP contribution in [-0.2, 0) is 0 Å². The van der Waals surface area contributed by atoms with Crippen molar-refractivity contribution in [1.29, 1.82) is 0 Å². The molecule has 0 aliphatic heterocycles. The van der Waals surface area contributed by atoms with Gasteiger partial charge in [-0.15, -0.1) is 25.3 Å². The molecule has 0 aromatic heterocycles. The van der Waals surface area contributed by atoms with Crippen molar-refractivity contribution in [1.82, 2.24) is 0 Å². The second-order valence-electron chi connectivity index (χ2n) is 5.11. The summed E-state index contributed by atoms with van der Waals surface area (Å²) < 4.78 is 0. The lowest BCUT2D eigenvalue weighted by Crippen LogP contribution is -1.74. The molecule has 0 bridgehead atoms. The van der Waals surface area contributed by atoms with Crippen LogP contribution in [0.15, 0.2) is 70.5 Å². The van der Waals surface area contributed by atoms with E-state index in [1.54, 1.807) is 0 Å². The van der Waals surface area contributed by atoms with Gasteiger partial charge < -0.3 is 0 Å². The van der Waals surface area contributed by atoms with Crippen LogP contribution < -0.4 is 0 Å². The minimum absolute atomic E-state index is 0.976. The van der Waals surface area contributed by atoms with Crippen LogP contribution in [0.5, 0.6) is 0 Å². The van der Waals surface area contributed by atoms with Crippen LogP contribution in [0, 0.1) is 0 Å². The van der Waals surface area contributed by atoms with Crippen molar-refractivity contribution in [2.24, 2.45) is 0 Å². The zero-order valence-electron chi connectivity index (χ0n) is 10.7. The van der Waals surface area contributed by atoms with E-state index in [2.05, 4.69) is 73.8 Å². The first-order chi connectivity index (χ1) is 9.69. The third-order valence-corrected chi connectivity index (χ3v) is 4.27. The summed E-state index contributed by atoms with van der Waals surface area (Å²) in [5, 5.41) is 7.48. The first kappa shape index (κ1) is 12.1. The molecule has 96 valence electrons. The highest BCUT2D eigenvalue weighted by molar-refractivity contribution is 7.80. The largest absolute Gasteiger partial charge is 0.143 e. The van der Waals surface area contributed by atoms with Crippen LogP contribution in [0.4, 0.5) is 0 Å². The van der Waals surface area contributed by atoms with Gasteiger partial charge in [0.1, 0.15) is 0 Å². The number of rotatable bonds is 0. The fourth-order valence-corrected chi connectivity index (χ4v) is 3.15. The van der Waals surface area contributed by atoms with Gasteiger partial charge in [-0.2, -0.15) is 0 Å². The van der Waals surface area contributed by atoms with E-state index in [9.17, 15) is 0 Å². The minimum atomic E-state index is 0.976. The van der Waals surface area contributed by atoms with E-state index < -0.39 is 0 Å². The van der Waals surface area contributed by atoms with Crippen molar-refractivity contribution >= 4 is 57.6 Å². The lowest BCUT2D eigenvalue weighted by atomic mass is 10.0. The Kier molecular flexibility index (Phi) is 2.69. The van der Waals surface area contributed by atoms with Gasteiger partial charge in [-0.25, -0.2) is 0 Å². The van der Waals surface area contributed by atoms with E-state index >= 15 is 0 Å². The highest BCUT2D eigenvalue weighted by Gasteiger charge is 2.02. The summed E-state index contributed by atoms with van der Waals surface area (Å²) in [5.74, 6) is 0. The highest BCUT2D eigenvalue weighted by Crippen LogP contribution is 2.30. The Labute approximate surface area is 128 Å². The van der Waals surface area contributed by atoms with Gasteiger partial charge in [0.2, 0.25) is 0 Å². The van der Waals surface area contributed by atoms with Crippen LogP contribution in [0.2, 0.25) is 0 Å². The Bertz CT molecular complexity index is 895. The Morgan fingerprint density at radius 2 is 0.800 bits per heavy atom. The van der Waals surface area contributed by atoms with Gasteiger partial charge in [0.25, 0.3) is 0 Å². The average Bonchev–Trinajstić information content (AvgIpc) is 2.68. The minimum Gasteiger partial charge on any atom is -0.143 e. The van der Waals surface area contributed by atoms with Gasteiger partial charge in [0.05, 0.1) is 0 Å². The molecule has 0 amide bonds. The lowest BCUT2D eigenvalue weighted by molar-refractivity contribution is 1.55. The second-order valence-corrected chi connectivity index (χ2v) is 6.15. The number of hydrogen-bond acceptors (Lipinski definition) is 2. The van der Waals surface area contributed by atoms with Gasteiger partial charge in [-0.3, -0.25) is 0 Å². The first-order valence-electron chi connectivity index (χ1n) is 6.48. The monoisotopic (exact) mass is 292 g/mol. The fraction of sp³-hybridized carbons (Fsp3) is 0. The van der Waals surface area contributed by atoms with E-state index in [-0.39, 0.29) is 0 Å². The molecular weight excluding hydrogens is 280 g/mol. The van der Waals surface area contributed by atoms with E-state index in [1.807, 2.05) is 12.1 Å². The summed E-state index contributed by atoms with van der Waals surface area (Å²) >= 11 is 8.83. The van der Waals surface area contributed by atoms with Crippen LogP contribution in [0.25, 0.3) is 32.3 Å². The molecule has 2 heteroatoms. The lowest BCUT2D eigenvalue weighted by Gasteiger charge is -2.01. The Hall–Kier alpha value is -1.64. The molecule has 0 saturated heterocycles. The fourth-order valence-electron chi connectivity index (χ4n) is 2.72. The summed E-state index contributed by atoms with van der Waals surface area (Å²) in [6.45, 7) is 0. The summed E-state index contributed by atoms with van der Waals surface area (Å²) in [6.07, 6.45) is 0. The molecule has 20 heavy (non-hydrogen) atoms.